The Morgan fingerprint density at radius 1 is 1.25 bits per heavy atom. The molecule has 0 bridgehead atoms. The van der Waals surface area contributed by atoms with E-state index in [2.05, 4.69) is 17.2 Å². The monoisotopic (exact) mass is 423 g/mol. The molecule has 1 aromatic carbocycles. The van der Waals surface area contributed by atoms with Crippen molar-refractivity contribution in [3.05, 3.63) is 34.0 Å². The van der Waals surface area contributed by atoms with Gasteiger partial charge in [-0.15, -0.1) is 17.3 Å². The van der Waals surface area contributed by atoms with Crippen molar-refractivity contribution in [1.82, 2.24) is 4.57 Å². The molecule has 0 saturated carbocycles. The molecule has 1 heterocycles. The van der Waals surface area contributed by atoms with Gasteiger partial charge in [-0.3, -0.25) is 0 Å². The summed E-state index contributed by atoms with van der Waals surface area (Å²) in [4.78, 5) is 8.95. The van der Waals surface area contributed by atoms with Gasteiger partial charge in [0.2, 0.25) is 4.80 Å². The molecule has 12 heteroatoms. The molecular weight excluding hydrogens is 414 g/mol. The van der Waals surface area contributed by atoms with Crippen LogP contribution in [0.25, 0.3) is 10.2 Å². The minimum Gasteiger partial charge on any atom is -1.00 e. The quantitative estimate of drug-likeness (QED) is 0.190. The predicted molar refractivity (Wildman–Crippen MR) is 65.4 cm³/mol. The van der Waals surface area contributed by atoms with E-state index in [1.165, 1.54) is 15.6 Å². The maximum absolute atomic E-state index is 8.11. The van der Waals surface area contributed by atoms with Gasteiger partial charge in [0.1, 0.15) is 0 Å². The van der Waals surface area contributed by atoms with Crippen molar-refractivity contribution in [2.75, 3.05) is 0 Å². The van der Waals surface area contributed by atoms with Gasteiger partial charge >= 0.3 is 17.1 Å². The molecule has 1 radical (unpaired) electrons. The van der Waals surface area contributed by atoms with Crippen LogP contribution in [0, 0.1) is 4.91 Å². The number of hydrogen-bond donors (Lipinski definition) is 2. The Kier molecular flexibility index (Phi) is 26.9. The first-order chi connectivity index (χ1) is 7.24. The van der Waals surface area contributed by atoms with E-state index < -0.39 is 0 Å². The first-order valence-corrected chi connectivity index (χ1v) is 4.81. The Morgan fingerprint density at radius 3 is 2.10 bits per heavy atom. The van der Waals surface area contributed by atoms with E-state index in [1.54, 1.807) is 11.3 Å². The fourth-order valence-corrected chi connectivity index (χ4v) is 2.14. The number of rotatable bonds is 0. The first kappa shape index (κ1) is 31.9. The molecule has 0 aliphatic carbocycles. The van der Waals surface area contributed by atoms with Crippen molar-refractivity contribution in [2.45, 2.75) is 0 Å². The van der Waals surface area contributed by atoms with Gasteiger partial charge in [-0.05, 0) is 12.1 Å². The zero-order valence-corrected chi connectivity index (χ0v) is 14.9. The van der Waals surface area contributed by atoms with Crippen LogP contribution in [0.3, 0.4) is 0 Å². The van der Waals surface area contributed by atoms with Crippen molar-refractivity contribution in [1.29, 1.82) is 0 Å². The second kappa shape index (κ2) is 16.8. The van der Waals surface area contributed by atoms with Crippen LogP contribution < -0.4 is 47.9 Å². The molecule has 2 aromatic rings. The summed E-state index contributed by atoms with van der Waals surface area (Å²) in [5.41, 5.74) is 1.17. The van der Waals surface area contributed by atoms with Gasteiger partial charge < -0.3 is 52.8 Å². The topological polar surface area (TPSA) is 93.0 Å². The molecule has 3 N–H and O–H groups in total. The summed E-state index contributed by atoms with van der Waals surface area (Å²) in [6.45, 7) is 0. The van der Waals surface area contributed by atoms with E-state index in [-0.39, 0.29) is 66.7 Å². The van der Waals surface area contributed by atoms with E-state index in [9.17, 15) is 0 Å². The van der Waals surface area contributed by atoms with Crippen molar-refractivity contribution in [3.8, 4) is 0 Å². The summed E-state index contributed by atoms with van der Waals surface area (Å²) in [6, 6.07) is 8.14. The summed E-state index contributed by atoms with van der Waals surface area (Å²) in [7, 11) is 1.96. The van der Waals surface area contributed by atoms with E-state index >= 15 is 0 Å². The maximum Gasteiger partial charge on any atom is 3.00 e. The molecule has 0 aliphatic rings. The SMILES string of the molecule is Cl.Cn1c(=NN)sc2ccccc21.O=NO.[Cl-].[Cl-].[Cl-].[Fe+3]. The molecule has 0 atom stereocenters. The summed E-state index contributed by atoms with van der Waals surface area (Å²) < 4.78 is 3.20. The Hall–Kier alpha value is -0.211. The molecule has 0 saturated heterocycles. The third-order valence-electron chi connectivity index (χ3n) is 1.83. The van der Waals surface area contributed by atoms with Crippen LogP contribution in [-0.4, -0.2) is 9.77 Å². The number of halogens is 4. The molecule has 0 spiro atoms. The van der Waals surface area contributed by atoms with E-state index in [4.69, 9.17) is 16.0 Å². The van der Waals surface area contributed by atoms with Gasteiger partial charge in [0, 0.05) is 7.05 Å². The Balaban J connectivity index is -0.0000000871. The molecule has 0 fully saturated rings. The zero-order valence-electron chi connectivity index (χ0n) is 9.89. The number of thiazole rings is 1. The summed E-state index contributed by atoms with van der Waals surface area (Å²) >= 11 is 1.60. The fraction of sp³-hybridized carbons (Fsp3) is 0.125. The Bertz CT molecular complexity index is 536. The van der Waals surface area contributed by atoms with Gasteiger partial charge in [0.25, 0.3) is 0 Å². The van der Waals surface area contributed by atoms with Crippen LogP contribution in [0.2, 0.25) is 0 Å². The summed E-state index contributed by atoms with van der Waals surface area (Å²) in [5, 5.41) is 11.6. The van der Waals surface area contributed by atoms with Crippen LogP contribution in [0.4, 0.5) is 0 Å². The number of aryl methyl sites for hydroxylation is 1. The van der Waals surface area contributed by atoms with Gasteiger partial charge in [0.15, 0.2) is 5.34 Å². The number of para-hydroxylation sites is 1. The first-order valence-electron chi connectivity index (χ1n) is 3.99. The number of fused-ring (bicyclic) bond motifs is 1. The molecule has 0 aliphatic heterocycles. The minimum absolute atomic E-state index is 0. The fourth-order valence-electron chi connectivity index (χ4n) is 1.20. The average molecular weight is 425 g/mol. The second-order valence-corrected chi connectivity index (χ2v) is 3.63. The van der Waals surface area contributed by atoms with Crippen molar-refractivity contribution >= 4 is 34.0 Å². The molecule has 6 nitrogen and oxygen atoms in total. The van der Waals surface area contributed by atoms with Gasteiger partial charge in [0.05, 0.1) is 10.2 Å². The van der Waals surface area contributed by atoms with E-state index in [1.807, 2.05) is 23.7 Å². The molecular formula is C8H11Cl4FeN4O2S. The van der Waals surface area contributed by atoms with Crippen molar-refractivity contribution in [2.24, 2.45) is 23.3 Å². The van der Waals surface area contributed by atoms with Crippen LogP contribution >= 0.6 is 23.7 Å². The van der Waals surface area contributed by atoms with E-state index in [0.29, 0.717) is 0 Å². The summed E-state index contributed by atoms with van der Waals surface area (Å²) in [5.74, 6) is 5.23. The Labute approximate surface area is 154 Å². The number of nitrogens with zero attached hydrogens (tertiary/aromatic N) is 3. The number of nitrogens with two attached hydrogens (primary N) is 1. The molecule has 0 unspecified atom stereocenters. The second-order valence-electron chi connectivity index (χ2n) is 2.62. The largest absolute Gasteiger partial charge is 3.00 e. The van der Waals surface area contributed by atoms with Crippen LogP contribution in [0.15, 0.2) is 34.7 Å². The van der Waals surface area contributed by atoms with Crippen LogP contribution in [0.5, 0.6) is 0 Å². The molecule has 0 amide bonds. The molecule has 20 heavy (non-hydrogen) atoms. The zero-order chi connectivity index (χ0) is 11.3. The van der Waals surface area contributed by atoms with Crippen molar-refractivity contribution in [3.63, 3.8) is 0 Å². The van der Waals surface area contributed by atoms with Gasteiger partial charge in [-0.2, -0.15) is 5.10 Å². The smallest absolute Gasteiger partial charge is 1.00 e. The maximum atomic E-state index is 8.11. The standard InChI is InChI=1S/C8H9N3S.4ClH.Fe.HNO2/c1-11-6-4-2-3-5-7(6)12-8(11)10-9;;;;;;2-1-3/h2-5H,9H2,1H3;4*1H;;(H,2,3)/q;;;;;+3;/p-3. The van der Waals surface area contributed by atoms with Crippen molar-refractivity contribution < 1.29 is 59.5 Å². The number of aromatic nitrogens is 1. The predicted octanol–water partition coefficient (Wildman–Crippen LogP) is -7.41. The van der Waals surface area contributed by atoms with Crippen LogP contribution in [-0.2, 0) is 24.1 Å². The van der Waals surface area contributed by atoms with E-state index in [0.717, 1.165) is 4.80 Å². The minimum atomic E-state index is 0. The third kappa shape index (κ3) is 8.16. The number of hydrogen-bond acceptors (Lipinski definition) is 5. The Morgan fingerprint density at radius 2 is 1.70 bits per heavy atom. The normalized spacial score (nSPS) is 8.15. The molecule has 117 valence electrons. The third-order valence-corrected chi connectivity index (χ3v) is 2.95. The molecule has 2 rings (SSSR count). The molecule has 1 aromatic heterocycles. The van der Waals surface area contributed by atoms with Gasteiger partial charge in [-0.1, -0.05) is 23.5 Å². The number of benzene rings is 1. The van der Waals surface area contributed by atoms with Crippen LogP contribution in [0.1, 0.15) is 0 Å². The average Bonchev–Trinajstić information content (AvgIpc) is 2.57. The van der Waals surface area contributed by atoms with Gasteiger partial charge in [-0.25, -0.2) is 0 Å². The summed E-state index contributed by atoms with van der Waals surface area (Å²) in [6.07, 6.45) is 0.